The first-order valence-corrected chi connectivity index (χ1v) is 11.5. The molecule has 0 radical (unpaired) electrons. The van der Waals surface area contributed by atoms with Gasteiger partial charge in [-0.2, -0.15) is 17.2 Å². The van der Waals surface area contributed by atoms with E-state index in [0.717, 1.165) is 31.4 Å². The zero-order chi connectivity index (χ0) is 21.3. The fourth-order valence-corrected chi connectivity index (χ4v) is 4.34. The molecule has 0 aliphatic heterocycles. The molecule has 0 bridgehead atoms. The Hall–Kier alpha value is -0.660. The molecule has 0 aromatic heterocycles. The van der Waals surface area contributed by atoms with Crippen LogP contribution < -0.4 is 9.47 Å². The number of hydrogen-bond acceptors (Lipinski definition) is 6. The van der Waals surface area contributed by atoms with E-state index in [2.05, 4.69) is 49.9 Å². The van der Waals surface area contributed by atoms with Crippen LogP contribution in [0.1, 0.15) is 10.4 Å². The maximum absolute atomic E-state index is 13.2. The quantitative estimate of drug-likeness (QED) is 0.161. The molecule has 0 atom stereocenters. The van der Waals surface area contributed by atoms with Gasteiger partial charge in [0, 0.05) is 10.7 Å². The highest BCUT2D eigenvalue weighted by Gasteiger charge is 2.54. The van der Waals surface area contributed by atoms with E-state index in [4.69, 9.17) is 9.29 Å². The molecule has 0 aliphatic rings. The fraction of sp³-hybridized carbons (Fsp3) is 0.0667. The summed E-state index contributed by atoms with van der Waals surface area (Å²) in [5.74, 6) is -3.52. The van der Waals surface area contributed by atoms with Crippen molar-refractivity contribution in [3.63, 3.8) is 0 Å². The van der Waals surface area contributed by atoms with Crippen molar-refractivity contribution in [3.8, 4) is 11.5 Å². The van der Waals surface area contributed by atoms with Crippen LogP contribution in [-0.2, 0) is 14.9 Å². The van der Waals surface area contributed by atoms with Crippen molar-refractivity contribution in [3.05, 3.63) is 52.7 Å². The number of rotatable bonds is 5. The Labute approximate surface area is 198 Å². The third kappa shape index (κ3) is 5.48. The average molecular weight is 750 g/mol. The molecule has 0 fully saturated rings. The van der Waals surface area contributed by atoms with Crippen molar-refractivity contribution in [1.82, 2.24) is 0 Å². The van der Waals surface area contributed by atoms with Gasteiger partial charge in [0.1, 0.15) is 11.5 Å². The maximum Gasteiger partial charge on any atom is 0.466 e. The van der Waals surface area contributed by atoms with Crippen molar-refractivity contribution in [2.24, 2.45) is 0 Å². The molecule has 0 amide bonds. The maximum atomic E-state index is 13.2. The summed E-state index contributed by atoms with van der Waals surface area (Å²) in [6, 6.07) is 7.88. The first-order valence-electron chi connectivity index (χ1n) is 6.87. The largest absolute Gasteiger partial charge is 0.466 e. The lowest BCUT2D eigenvalue weighted by Gasteiger charge is -2.12. The van der Waals surface area contributed by atoms with Crippen LogP contribution in [0, 0.1) is 10.7 Å². The zero-order valence-electron chi connectivity index (χ0n) is 13.2. The molecule has 0 unspecified atom stereocenters. The predicted octanol–water partition coefficient (Wildman–Crippen LogP) is 4.11. The van der Waals surface area contributed by atoms with Crippen LogP contribution in [0.4, 0.5) is 8.78 Å². The summed E-state index contributed by atoms with van der Waals surface area (Å²) in [5.41, 5.74) is 0.334. The van der Waals surface area contributed by atoms with Gasteiger partial charge in [0.25, 0.3) is 0 Å². The van der Waals surface area contributed by atoms with Gasteiger partial charge in [0.15, 0.2) is 0 Å². The molecule has 28 heavy (non-hydrogen) atoms. The fourth-order valence-electron chi connectivity index (χ4n) is 1.71. The molecule has 0 saturated heterocycles. The molecule has 2 aromatic carbocycles. The van der Waals surface area contributed by atoms with Gasteiger partial charge in [0.2, 0.25) is 0 Å². The Morgan fingerprint density at radius 3 is 1.96 bits per heavy atom. The van der Waals surface area contributed by atoms with Crippen LogP contribution in [-0.4, -0.2) is 30.2 Å². The highest BCUT2D eigenvalue weighted by atomic mass is 127. The summed E-state index contributed by atoms with van der Waals surface area (Å²) in [6.45, 7) is 0. The minimum atomic E-state index is -5.97. The van der Waals surface area contributed by atoms with E-state index < -0.39 is 33.1 Å². The summed E-state index contributed by atoms with van der Waals surface area (Å²) < 4.78 is 67.5. The Kier molecular flexibility index (Phi) is 7.59. The van der Waals surface area contributed by atoms with Crippen molar-refractivity contribution in [2.45, 2.75) is 5.25 Å². The lowest BCUT2D eigenvalue weighted by Crippen LogP contribution is -2.40. The van der Waals surface area contributed by atoms with E-state index in [9.17, 15) is 26.8 Å². The predicted molar refractivity (Wildman–Crippen MR) is 118 cm³/mol. The number of esters is 2. The number of halogens is 5. The van der Waals surface area contributed by atoms with Crippen molar-refractivity contribution >= 4 is 89.8 Å². The van der Waals surface area contributed by atoms with Crippen molar-refractivity contribution < 1.29 is 40.8 Å². The Bertz CT molecular complexity index is 1040. The monoisotopic (exact) mass is 750 g/mol. The van der Waals surface area contributed by atoms with Gasteiger partial charge < -0.3 is 9.47 Å². The Balaban J connectivity index is 2.13. The van der Waals surface area contributed by atoms with Gasteiger partial charge in [0.05, 0.1) is 5.56 Å². The van der Waals surface area contributed by atoms with Gasteiger partial charge in [-0.25, -0.2) is 9.59 Å². The highest BCUT2D eigenvalue weighted by molar-refractivity contribution is 14.1. The summed E-state index contributed by atoms with van der Waals surface area (Å²) in [6.07, 6.45) is 0. The topological polar surface area (TPSA) is 107 Å². The molecule has 150 valence electrons. The van der Waals surface area contributed by atoms with E-state index in [-0.39, 0.29) is 5.75 Å². The molecule has 1 N–H and O–H groups in total. The van der Waals surface area contributed by atoms with Crippen molar-refractivity contribution in [2.75, 3.05) is 0 Å². The van der Waals surface area contributed by atoms with Crippen LogP contribution in [0.3, 0.4) is 0 Å². The minimum absolute atomic E-state index is 0.0380. The third-order valence-corrected chi connectivity index (χ3v) is 7.50. The van der Waals surface area contributed by atoms with E-state index in [1.165, 1.54) is 0 Å². The number of alkyl halides is 2. The molecule has 13 heteroatoms. The summed E-state index contributed by atoms with van der Waals surface area (Å²) >= 11 is 6.13. The third-order valence-electron chi connectivity index (χ3n) is 3.02. The van der Waals surface area contributed by atoms with Gasteiger partial charge in [-0.1, -0.05) is 0 Å². The molecule has 0 aliphatic carbocycles. The Morgan fingerprint density at radius 2 is 1.46 bits per heavy atom. The zero-order valence-corrected chi connectivity index (χ0v) is 20.4. The molecular weight excluding hydrogens is 743 g/mol. The molecule has 0 heterocycles. The first kappa shape index (κ1) is 23.6. The number of hydrogen-bond donors (Lipinski definition) is 1. The summed E-state index contributed by atoms with van der Waals surface area (Å²) in [4.78, 5) is 23.6. The van der Waals surface area contributed by atoms with Crippen LogP contribution in [0.15, 0.2) is 36.4 Å². The SMILES string of the molecule is O=C(Oc1ccc(OC(=O)C(F)(F)S(=O)(=O)O)cc1)c1cc(I)cc(I)c1I. The van der Waals surface area contributed by atoms with E-state index in [0.29, 0.717) is 9.13 Å². The minimum Gasteiger partial charge on any atom is -0.423 e. The second kappa shape index (κ2) is 9.00. The van der Waals surface area contributed by atoms with E-state index >= 15 is 0 Å². The van der Waals surface area contributed by atoms with Crippen LogP contribution in [0.2, 0.25) is 0 Å². The number of benzene rings is 2. The van der Waals surface area contributed by atoms with Crippen LogP contribution in [0.5, 0.6) is 11.5 Å². The second-order valence-electron chi connectivity index (χ2n) is 4.99. The smallest absolute Gasteiger partial charge is 0.423 e. The second-order valence-corrected chi connectivity index (χ2v) is 9.94. The first-order chi connectivity index (χ1) is 12.8. The lowest BCUT2D eigenvalue weighted by atomic mass is 10.2. The Morgan fingerprint density at radius 1 is 0.964 bits per heavy atom. The summed E-state index contributed by atoms with van der Waals surface area (Å²) in [5, 5.41) is -5.11. The lowest BCUT2D eigenvalue weighted by molar-refractivity contribution is -0.151. The molecule has 0 spiro atoms. The average Bonchev–Trinajstić information content (AvgIpc) is 2.58. The van der Waals surface area contributed by atoms with Gasteiger partial charge in [-0.05, 0) is 104 Å². The molecule has 2 aromatic rings. The molecule has 7 nitrogen and oxygen atoms in total. The standard InChI is InChI=1S/C15H7F2I3O7S/c16-15(17,28(23,24)25)14(22)27-9-3-1-8(2-4-9)26-13(21)10-5-7(18)6-11(19)12(10)20/h1-6H,(H,23,24,25). The number of carbonyl (C=O) groups excluding carboxylic acids is 2. The normalized spacial score (nSPS) is 11.8. The van der Waals surface area contributed by atoms with Gasteiger partial charge in [-0.3, -0.25) is 4.55 Å². The van der Waals surface area contributed by atoms with E-state index in [1.807, 2.05) is 28.7 Å². The molecule has 2 rings (SSSR count). The number of carbonyl (C=O) groups is 2. The van der Waals surface area contributed by atoms with E-state index in [1.54, 1.807) is 6.07 Å². The van der Waals surface area contributed by atoms with Gasteiger partial charge in [-0.15, -0.1) is 0 Å². The van der Waals surface area contributed by atoms with Gasteiger partial charge >= 0.3 is 27.3 Å². The van der Waals surface area contributed by atoms with Crippen LogP contribution >= 0.6 is 67.8 Å². The van der Waals surface area contributed by atoms with Crippen LogP contribution in [0.25, 0.3) is 0 Å². The summed E-state index contributed by atoms with van der Waals surface area (Å²) in [7, 11) is -5.97. The highest BCUT2D eigenvalue weighted by Crippen LogP contribution is 2.27. The number of ether oxygens (including phenoxy) is 2. The van der Waals surface area contributed by atoms with Crippen molar-refractivity contribution in [1.29, 1.82) is 0 Å². The molecular formula is C15H7F2I3O7S. The molecule has 0 saturated carbocycles.